The van der Waals surface area contributed by atoms with Gasteiger partial charge in [0.2, 0.25) is 0 Å². The van der Waals surface area contributed by atoms with Crippen molar-refractivity contribution >= 4 is 0 Å². The molecular weight excluding hydrogens is 230 g/mol. The first-order chi connectivity index (χ1) is 9.35. The SMILES string of the molecule is CCC/C=C/CCCN(CC)CCC/C=C/CCC. The number of hydrogen-bond acceptors (Lipinski definition) is 1. The van der Waals surface area contributed by atoms with Gasteiger partial charge in [-0.25, -0.2) is 0 Å². The highest BCUT2D eigenvalue weighted by molar-refractivity contribution is 4.82. The maximum Gasteiger partial charge on any atom is -0.00159 e. The van der Waals surface area contributed by atoms with Crippen molar-refractivity contribution in [2.24, 2.45) is 0 Å². The predicted octanol–water partition coefficient (Wildman–Crippen LogP) is 5.58. The molecule has 0 aliphatic carbocycles. The largest absolute Gasteiger partial charge is 0.304 e. The number of hydrogen-bond donors (Lipinski definition) is 0. The summed E-state index contributed by atoms with van der Waals surface area (Å²) in [6.07, 6.45) is 19.5. The first-order valence-electron chi connectivity index (χ1n) is 8.37. The molecule has 19 heavy (non-hydrogen) atoms. The van der Waals surface area contributed by atoms with Crippen LogP contribution in [0, 0.1) is 0 Å². The van der Waals surface area contributed by atoms with Crippen molar-refractivity contribution in [3.8, 4) is 0 Å². The molecule has 1 heteroatoms. The zero-order valence-corrected chi connectivity index (χ0v) is 13.5. The van der Waals surface area contributed by atoms with E-state index in [0.717, 1.165) is 0 Å². The Hall–Kier alpha value is -0.560. The van der Waals surface area contributed by atoms with Crippen LogP contribution < -0.4 is 0 Å². The maximum absolute atomic E-state index is 2.58. The second kappa shape index (κ2) is 15.5. The molecule has 0 heterocycles. The van der Waals surface area contributed by atoms with E-state index >= 15 is 0 Å². The summed E-state index contributed by atoms with van der Waals surface area (Å²) < 4.78 is 0. The number of nitrogens with zero attached hydrogens (tertiary/aromatic N) is 1. The van der Waals surface area contributed by atoms with Crippen LogP contribution in [0.3, 0.4) is 0 Å². The second-order valence-corrected chi connectivity index (χ2v) is 5.24. The van der Waals surface area contributed by atoms with E-state index in [-0.39, 0.29) is 0 Å². The third-order valence-corrected chi connectivity index (χ3v) is 3.38. The summed E-state index contributed by atoms with van der Waals surface area (Å²) >= 11 is 0. The van der Waals surface area contributed by atoms with Gasteiger partial charge in [0.25, 0.3) is 0 Å². The van der Waals surface area contributed by atoms with E-state index < -0.39 is 0 Å². The minimum atomic E-state index is 1.19. The van der Waals surface area contributed by atoms with Crippen LogP contribution in [0.1, 0.15) is 72.1 Å². The zero-order chi connectivity index (χ0) is 14.2. The molecule has 0 rings (SSSR count). The van der Waals surface area contributed by atoms with E-state index in [1.165, 1.54) is 71.0 Å². The molecular formula is C18H35N. The Bertz CT molecular complexity index is 196. The van der Waals surface area contributed by atoms with Gasteiger partial charge in [0.1, 0.15) is 0 Å². The van der Waals surface area contributed by atoms with E-state index in [1.54, 1.807) is 0 Å². The lowest BCUT2D eigenvalue weighted by atomic mass is 10.2. The van der Waals surface area contributed by atoms with Gasteiger partial charge in [0.05, 0.1) is 0 Å². The summed E-state index contributed by atoms with van der Waals surface area (Å²) in [5.41, 5.74) is 0. The molecule has 0 aromatic heterocycles. The van der Waals surface area contributed by atoms with Crippen LogP contribution >= 0.6 is 0 Å². The van der Waals surface area contributed by atoms with Gasteiger partial charge in [0, 0.05) is 0 Å². The van der Waals surface area contributed by atoms with Gasteiger partial charge < -0.3 is 4.90 Å². The highest BCUT2D eigenvalue weighted by Gasteiger charge is 1.99. The van der Waals surface area contributed by atoms with Gasteiger partial charge in [-0.2, -0.15) is 0 Å². The molecule has 0 saturated carbocycles. The van der Waals surface area contributed by atoms with Crippen LogP contribution in [-0.2, 0) is 0 Å². The van der Waals surface area contributed by atoms with Gasteiger partial charge >= 0.3 is 0 Å². The molecule has 0 N–H and O–H groups in total. The molecule has 1 nitrogen and oxygen atoms in total. The first-order valence-corrected chi connectivity index (χ1v) is 8.37. The molecule has 0 unspecified atom stereocenters. The minimum absolute atomic E-state index is 1.19. The lowest BCUT2D eigenvalue weighted by Crippen LogP contribution is -2.25. The van der Waals surface area contributed by atoms with Crippen LogP contribution in [0.2, 0.25) is 0 Å². The number of allylic oxidation sites excluding steroid dienone is 4. The Morgan fingerprint density at radius 3 is 1.42 bits per heavy atom. The molecule has 0 aliphatic rings. The summed E-state index contributed by atoms with van der Waals surface area (Å²) in [7, 11) is 0. The Balaban J connectivity index is 3.49. The van der Waals surface area contributed by atoms with E-state index in [2.05, 4.69) is 50.0 Å². The average molecular weight is 265 g/mol. The Labute approximate surface area is 121 Å². The summed E-state index contributed by atoms with van der Waals surface area (Å²) in [5, 5.41) is 0. The van der Waals surface area contributed by atoms with E-state index in [1.807, 2.05) is 0 Å². The lowest BCUT2D eigenvalue weighted by Gasteiger charge is -2.19. The fourth-order valence-electron chi connectivity index (χ4n) is 2.10. The van der Waals surface area contributed by atoms with Crippen LogP contribution in [-0.4, -0.2) is 24.5 Å². The Kier molecular flexibility index (Phi) is 15.0. The number of unbranched alkanes of at least 4 members (excludes halogenated alkanes) is 4. The standard InChI is InChI=1S/C18H35N/c1-4-7-9-11-13-15-17-19(6-3)18-16-14-12-10-8-5-2/h9-12H,4-8,13-18H2,1-3H3/b11-9+,12-10+. The lowest BCUT2D eigenvalue weighted by molar-refractivity contribution is 0.282. The normalized spacial score (nSPS) is 12.2. The van der Waals surface area contributed by atoms with Crippen LogP contribution in [0.25, 0.3) is 0 Å². The van der Waals surface area contributed by atoms with Crippen molar-refractivity contribution in [3.63, 3.8) is 0 Å². The molecule has 0 aliphatic heterocycles. The van der Waals surface area contributed by atoms with Gasteiger partial charge in [0.15, 0.2) is 0 Å². The van der Waals surface area contributed by atoms with Crippen molar-refractivity contribution in [1.29, 1.82) is 0 Å². The quantitative estimate of drug-likeness (QED) is 0.310. The van der Waals surface area contributed by atoms with Gasteiger partial charge in [-0.15, -0.1) is 0 Å². The third-order valence-electron chi connectivity index (χ3n) is 3.38. The Morgan fingerprint density at radius 2 is 1.05 bits per heavy atom. The minimum Gasteiger partial charge on any atom is -0.304 e. The molecule has 0 amide bonds. The summed E-state index contributed by atoms with van der Waals surface area (Å²) in [4.78, 5) is 2.58. The van der Waals surface area contributed by atoms with Crippen LogP contribution in [0.5, 0.6) is 0 Å². The average Bonchev–Trinajstić information content (AvgIpc) is 2.44. The van der Waals surface area contributed by atoms with Crippen molar-refractivity contribution in [3.05, 3.63) is 24.3 Å². The molecule has 0 fully saturated rings. The van der Waals surface area contributed by atoms with E-state index in [0.29, 0.717) is 0 Å². The summed E-state index contributed by atoms with van der Waals surface area (Å²) in [6, 6.07) is 0. The highest BCUT2D eigenvalue weighted by Crippen LogP contribution is 2.02. The molecule has 0 radical (unpaired) electrons. The second-order valence-electron chi connectivity index (χ2n) is 5.24. The van der Waals surface area contributed by atoms with Crippen molar-refractivity contribution in [2.45, 2.75) is 72.1 Å². The van der Waals surface area contributed by atoms with Crippen molar-refractivity contribution < 1.29 is 0 Å². The van der Waals surface area contributed by atoms with Gasteiger partial charge in [-0.1, -0.05) is 57.9 Å². The monoisotopic (exact) mass is 265 g/mol. The van der Waals surface area contributed by atoms with E-state index in [9.17, 15) is 0 Å². The Morgan fingerprint density at radius 1 is 0.632 bits per heavy atom. The molecule has 0 bridgehead atoms. The van der Waals surface area contributed by atoms with Gasteiger partial charge in [-0.05, 0) is 58.2 Å². The highest BCUT2D eigenvalue weighted by atomic mass is 15.1. The molecule has 0 aromatic carbocycles. The molecule has 0 saturated heterocycles. The fourth-order valence-corrected chi connectivity index (χ4v) is 2.10. The number of rotatable bonds is 13. The van der Waals surface area contributed by atoms with Crippen LogP contribution in [0.4, 0.5) is 0 Å². The molecule has 0 aromatic rings. The molecule has 112 valence electrons. The smallest absolute Gasteiger partial charge is 0.00159 e. The summed E-state index contributed by atoms with van der Waals surface area (Å²) in [6.45, 7) is 10.4. The fraction of sp³-hybridized carbons (Fsp3) is 0.778. The van der Waals surface area contributed by atoms with Gasteiger partial charge in [-0.3, -0.25) is 0 Å². The predicted molar refractivity (Wildman–Crippen MR) is 88.7 cm³/mol. The third kappa shape index (κ3) is 13.7. The van der Waals surface area contributed by atoms with Crippen molar-refractivity contribution in [2.75, 3.05) is 19.6 Å². The first kappa shape index (κ1) is 18.4. The zero-order valence-electron chi connectivity index (χ0n) is 13.5. The van der Waals surface area contributed by atoms with Crippen molar-refractivity contribution in [1.82, 2.24) is 4.90 Å². The molecule has 0 atom stereocenters. The topological polar surface area (TPSA) is 3.24 Å². The molecule has 0 spiro atoms. The summed E-state index contributed by atoms with van der Waals surface area (Å²) in [5.74, 6) is 0. The van der Waals surface area contributed by atoms with Crippen LogP contribution in [0.15, 0.2) is 24.3 Å². The maximum atomic E-state index is 2.58. The van der Waals surface area contributed by atoms with E-state index in [4.69, 9.17) is 0 Å².